The Bertz CT molecular complexity index is 885. The van der Waals surface area contributed by atoms with E-state index >= 15 is 0 Å². The number of benzene rings is 1. The van der Waals surface area contributed by atoms with Gasteiger partial charge in [-0.15, -0.1) is 11.3 Å². The molecule has 0 unspecified atom stereocenters. The first kappa shape index (κ1) is 15.0. The smallest absolute Gasteiger partial charge is 0.268 e. The van der Waals surface area contributed by atoms with Crippen molar-refractivity contribution < 1.29 is 4.79 Å². The van der Waals surface area contributed by atoms with Gasteiger partial charge in [-0.1, -0.05) is 30.3 Å². The lowest BCUT2D eigenvalue weighted by atomic mass is 10.1. The van der Waals surface area contributed by atoms with Gasteiger partial charge in [-0.3, -0.25) is 9.78 Å². The topological polar surface area (TPSA) is 54.9 Å². The quantitative estimate of drug-likeness (QED) is 0.755. The van der Waals surface area contributed by atoms with Crippen molar-refractivity contribution in [2.45, 2.75) is 25.7 Å². The molecule has 1 fully saturated rings. The van der Waals surface area contributed by atoms with Crippen molar-refractivity contribution in [1.82, 2.24) is 9.97 Å². The summed E-state index contributed by atoms with van der Waals surface area (Å²) in [5.41, 5.74) is 3.49. The van der Waals surface area contributed by atoms with Crippen LogP contribution in [0.4, 0.5) is 5.69 Å². The van der Waals surface area contributed by atoms with Gasteiger partial charge in [-0.25, -0.2) is 4.98 Å². The maximum Gasteiger partial charge on any atom is 0.268 e. The van der Waals surface area contributed by atoms with Crippen molar-refractivity contribution in [3.63, 3.8) is 0 Å². The van der Waals surface area contributed by atoms with Gasteiger partial charge < -0.3 is 5.32 Å². The predicted octanol–water partition coefficient (Wildman–Crippen LogP) is 4.64. The number of carbonyl (C=O) groups is 1. The van der Waals surface area contributed by atoms with Crippen molar-refractivity contribution >= 4 is 22.9 Å². The van der Waals surface area contributed by atoms with Crippen LogP contribution in [0.25, 0.3) is 11.3 Å². The highest BCUT2D eigenvalue weighted by molar-refractivity contribution is 7.14. The van der Waals surface area contributed by atoms with E-state index in [0.717, 1.165) is 27.5 Å². The van der Waals surface area contributed by atoms with Gasteiger partial charge in [-0.05, 0) is 31.4 Å². The van der Waals surface area contributed by atoms with E-state index in [4.69, 9.17) is 4.98 Å². The third kappa shape index (κ3) is 2.95. The Balaban J connectivity index is 1.71. The maximum absolute atomic E-state index is 12.8. The van der Waals surface area contributed by atoms with E-state index < -0.39 is 0 Å². The molecular formula is C19H17N3OS. The van der Waals surface area contributed by atoms with E-state index in [9.17, 15) is 4.79 Å². The van der Waals surface area contributed by atoms with Gasteiger partial charge in [0, 0.05) is 17.7 Å². The predicted molar refractivity (Wildman–Crippen MR) is 96.5 cm³/mol. The molecule has 24 heavy (non-hydrogen) atoms. The molecule has 0 bridgehead atoms. The van der Waals surface area contributed by atoms with E-state index in [1.807, 2.05) is 43.3 Å². The second kappa shape index (κ2) is 6.17. The summed E-state index contributed by atoms with van der Waals surface area (Å²) in [6.45, 7) is 1.96. The third-order valence-corrected chi connectivity index (χ3v) is 5.33. The van der Waals surface area contributed by atoms with Crippen LogP contribution in [-0.4, -0.2) is 15.9 Å². The molecule has 0 radical (unpaired) electrons. The first-order chi connectivity index (χ1) is 11.7. The minimum Gasteiger partial charge on any atom is -0.320 e. The maximum atomic E-state index is 12.8. The molecule has 3 aromatic rings. The summed E-state index contributed by atoms with van der Waals surface area (Å²) in [5, 5.41) is 4.05. The summed E-state index contributed by atoms with van der Waals surface area (Å²) < 4.78 is 0. The molecule has 0 saturated heterocycles. The van der Waals surface area contributed by atoms with Gasteiger partial charge in [0.2, 0.25) is 0 Å². The average Bonchev–Trinajstić information content (AvgIpc) is 3.36. The van der Waals surface area contributed by atoms with Gasteiger partial charge >= 0.3 is 0 Å². The zero-order valence-electron chi connectivity index (χ0n) is 13.3. The van der Waals surface area contributed by atoms with Crippen LogP contribution in [-0.2, 0) is 0 Å². The molecule has 1 saturated carbocycles. The fourth-order valence-electron chi connectivity index (χ4n) is 2.56. The zero-order chi connectivity index (χ0) is 16.5. The Kier molecular flexibility index (Phi) is 3.86. The molecule has 0 spiro atoms. The van der Waals surface area contributed by atoms with E-state index in [-0.39, 0.29) is 5.91 Å². The normalized spacial score (nSPS) is 13.7. The van der Waals surface area contributed by atoms with Crippen LogP contribution < -0.4 is 5.32 Å². The summed E-state index contributed by atoms with van der Waals surface area (Å²) in [6, 6.07) is 11.8. The minimum absolute atomic E-state index is 0.116. The number of hydrogen-bond acceptors (Lipinski definition) is 4. The molecule has 2 heterocycles. The minimum atomic E-state index is -0.116. The summed E-state index contributed by atoms with van der Waals surface area (Å²) in [5.74, 6) is 0.411. The summed E-state index contributed by atoms with van der Waals surface area (Å²) in [7, 11) is 0. The van der Waals surface area contributed by atoms with Crippen LogP contribution in [0.2, 0.25) is 0 Å². The Morgan fingerprint density at radius 2 is 2.00 bits per heavy atom. The Labute approximate surface area is 144 Å². The SMILES string of the molecule is Cc1ccncc1NC(=O)c1sc(C2CC2)nc1-c1ccccc1. The van der Waals surface area contributed by atoms with Crippen molar-refractivity contribution in [3.8, 4) is 11.3 Å². The first-order valence-corrected chi connectivity index (χ1v) is 8.82. The monoisotopic (exact) mass is 335 g/mol. The highest BCUT2D eigenvalue weighted by atomic mass is 32.1. The van der Waals surface area contributed by atoms with E-state index in [0.29, 0.717) is 10.8 Å². The molecule has 1 aliphatic rings. The molecule has 120 valence electrons. The summed E-state index contributed by atoms with van der Waals surface area (Å²) in [6.07, 6.45) is 5.74. The van der Waals surface area contributed by atoms with E-state index in [1.165, 1.54) is 24.2 Å². The number of nitrogens with zero attached hydrogens (tertiary/aromatic N) is 2. The molecule has 0 aliphatic heterocycles. The molecule has 1 amide bonds. The van der Waals surface area contributed by atoms with Gasteiger partial charge in [0.05, 0.1) is 22.6 Å². The number of amides is 1. The van der Waals surface area contributed by atoms with Crippen molar-refractivity contribution in [1.29, 1.82) is 0 Å². The lowest BCUT2D eigenvalue weighted by Crippen LogP contribution is -2.12. The molecule has 2 aromatic heterocycles. The first-order valence-electron chi connectivity index (χ1n) is 8.00. The van der Waals surface area contributed by atoms with Crippen molar-refractivity contribution in [3.05, 3.63) is 64.2 Å². The highest BCUT2D eigenvalue weighted by Crippen LogP contribution is 2.44. The number of rotatable bonds is 4. The van der Waals surface area contributed by atoms with E-state index in [2.05, 4.69) is 10.3 Å². The molecule has 5 heteroatoms. The van der Waals surface area contributed by atoms with Crippen LogP contribution in [0, 0.1) is 6.92 Å². The Morgan fingerprint density at radius 1 is 1.21 bits per heavy atom. The third-order valence-electron chi connectivity index (χ3n) is 4.11. The standard InChI is InChI=1S/C19H17N3OS/c1-12-9-10-20-11-15(12)21-18(23)17-16(13-5-3-2-4-6-13)22-19(24-17)14-7-8-14/h2-6,9-11,14H,7-8H2,1H3,(H,21,23). The number of hydrogen-bond donors (Lipinski definition) is 1. The summed E-state index contributed by atoms with van der Waals surface area (Å²) in [4.78, 5) is 22.4. The molecule has 1 aromatic carbocycles. The van der Waals surface area contributed by atoms with Crippen molar-refractivity contribution in [2.75, 3.05) is 5.32 Å². The fourth-order valence-corrected chi connectivity index (χ4v) is 3.71. The number of anilines is 1. The second-order valence-electron chi connectivity index (χ2n) is 6.01. The molecule has 4 nitrogen and oxygen atoms in total. The van der Waals surface area contributed by atoms with E-state index in [1.54, 1.807) is 12.4 Å². The average molecular weight is 335 g/mol. The van der Waals surface area contributed by atoms with Crippen LogP contribution >= 0.6 is 11.3 Å². The molecule has 4 rings (SSSR count). The number of nitrogens with one attached hydrogen (secondary N) is 1. The Hall–Kier alpha value is -2.53. The molecule has 0 atom stereocenters. The van der Waals surface area contributed by atoms with Crippen molar-refractivity contribution in [2.24, 2.45) is 0 Å². The van der Waals surface area contributed by atoms with Crippen LogP contribution in [0.15, 0.2) is 48.8 Å². The number of carbonyl (C=O) groups excluding carboxylic acids is 1. The van der Waals surface area contributed by atoms with Gasteiger partial charge in [0.1, 0.15) is 4.88 Å². The number of aromatic nitrogens is 2. The lowest BCUT2D eigenvalue weighted by Gasteiger charge is -2.07. The summed E-state index contributed by atoms with van der Waals surface area (Å²) >= 11 is 1.51. The zero-order valence-corrected chi connectivity index (χ0v) is 14.1. The highest BCUT2D eigenvalue weighted by Gasteiger charge is 2.30. The largest absolute Gasteiger partial charge is 0.320 e. The molecule has 1 N–H and O–H groups in total. The van der Waals surface area contributed by atoms with Crippen LogP contribution in [0.1, 0.15) is 39.0 Å². The fraction of sp³-hybridized carbons (Fsp3) is 0.211. The molecular weight excluding hydrogens is 318 g/mol. The van der Waals surface area contributed by atoms with Crippen LogP contribution in [0.3, 0.4) is 0 Å². The van der Waals surface area contributed by atoms with Gasteiger partial charge in [0.15, 0.2) is 0 Å². The number of aryl methyl sites for hydroxylation is 1. The number of thiazole rings is 1. The van der Waals surface area contributed by atoms with Crippen LogP contribution in [0.5, 0.6) is 0 Å². The van der Waals surface area contributed by atoms with Gasteiger partial charge in [0.25, 0.3) is 5.91 Å². The second-order valence-corrected chi connectivity index (χ2v) is 7.05. The Morgan fingerprint density at radius 3 is 2.71 bits per heavy atom. The number of pyridine rings is 1. The van der Waals surface area contributed by atoms with Gasteiger partial charge in [-0.2, -0.15) is 0 Å². The molecule has 1 aliphatic carbocycles. The lowest BCUT2D eigenvalue weighted by molar-refractivity contribution is 0.103.